The molecule has 1 unspecified atom stereocenters. The van der Waals surface area contributed by atoms with Crippen molar-refractivity contribution in [1.29, 1.82) is 0 Å². The van der Waals surface area contributed by atoms with Crippen molar-refractivity contribution in [3.63, 3.8) is 0 Å². The number of hydrogen-bond donors (Lipinski definition) is 1. The standard InChI is InChI=1S/C28H28N2O4/c1-19-7-9-22(10-8-19)11-14-27(31)29-23-12-13-26-25(18-23)30(28(32)21(3)34-26)15-16-33-24-6-4-5-20(2)17-24/h4-14,17-18,21H,15-16H2,1-3H3,(H,29,31)/b14-11+. The number of anilines is 2. The molecule has 0 saturated carbocycles. The molecule has 0 fully saturated rings. The van der Waals surface area contributed by atoms with Gasteiger partial charge < -0.3 is 19.7 Å². The Kier molecular flexibility index (Phi) is 6.97. The van der Waals surface area contributed by atoms with E-state index < -0.39 is 6.10 Å². The summed E-state index contributed by atoms with van der Waals surface area (Å²) in [4.78, 5) is 26.9. The Balaban J connectivity index is 1.45. The number of aryl methyl sites for hydroxylation is 2. The molecule has 2 amide bonds. The van der Waals surface area contributed by atoms with Crippen molar-refractivity contribution in [2.75, 3.05) is 23.4 Å². The third-order valence-corrected chi connectivity index (χ3v) is 5.51. The number of benzene rings is 3. The van der Waals surface area contributed by atoms with Crippen LogP contribution in [0.15, 0.2) is 72.8 Å². The molecular weight excluding hydrogens is 428 g/mol. The van der Waals surface area contributed by atoms with Gasteiger partial charge in [-0.2, -0.15) is 0 Å². The Morgan fingerprint density at radius 3 is 2.62 bits per heavy atom. The van der Waals surface area contributed by atoms with E-state index in [1.165, 1.54) is 6.08 Å². The number of ether oxygens (including phenoxy) is 2. The van der Waals surface area contributed by atoms with Gasteiger partial charge in [-0.25, -0.2) is 0 Å². The number of fused-ring (bicyclic) bond motifs is 1. The predicted molar refractivity (Wildman–Crippen MR) is 134 cm³/mol. The van der Waals surface area contributed by atoms with Gasteiger partial charge in [-0.15, -0.1) is 0 Å². The van der Waals surface area contributed by atoms with Crippen molar-refractivity contribution in [3.05, 3.63) is 89.5 Å². The summed E-state index contributed by atoms with van der Waals surface area (Å²) in [5, 5.41) is 2.86. The van der Waals surface area contributed by atoms with Crippen molar-refractivity contribution in [2.24, 2.45) is 0 Å². The van der Waals surface area contributed by atoms with Gasteiger partial charge in [0.2, 0.25) is 5.91 Å². The summed E-state index contributed by atoms with van der Waals surface area (Å²) in [6.45, 7) is 6.44. The fraction of sp³-hybridized carbons (Fsp3) is 0.214. The van der Waals surface area contributed by atoms with Gasteiger partial charge in [0, 0.05) is 11.8 Å². The van der Waals surface area contributed by atoms with Crippen LogP contribution in [0.2, 0.25) is 0 Å². The number of nitrogens with zero attached hydrogens (tertiary/aromatic N) is 1. The number of nitrogens with one attached hydrogen (secondary N) is 1. The molecular formula is C28H28N2O4. The number of rotatable bonds is 7. The third-order valence-electron chi connectivity index (χ3n) is 5.51. The van der Waals surface area contributed by atoms with Gasteiger partial charge in [0.05, 0.1) is 12.2 Å². The molecule has 6 nitrogen and oxygen atoms in total. The molecule has 1 atom stereocenters. The minimum absolute atomic E-state index is 0.150. The highest BCUT2D eigenvalue weighted by Gasteiger charge is 2.31. The fourth-order valence-corrected chi connectivity index (χ4v) is 3.71. The fourth-order valence-electron chi connectivity index (χ4n) is 3.71. The quantitative estimate of drug-likeness (QED) is 0.500. The maximum Gasteiger partial charge on any atom is 0.267 e. The maximum atomic E-state index is 12.8. The van der Waals surface area contributed by atoms with Crippen LogP contribution in [-0.2, 0) is 9.59 Å². The van der Waals surface area contributed by atoms with Crippen molar-refractivity contribution in [1.82, 2.24) is 0 Å². The van der Waals surface area contributed by atoms with E-state index in [0.717, 1.165) is 22.4 Å². The van der Waals surface area contributed by atoms with E-state index in [1.807, 2.05) is 62.4 Å². The lowest BCUT2D eigenvalue weighted by Crippen LogP contribution is -2.46. The smallest absolute Gasteiger partial charge is 0.267 e. The second kappa shape index (κ2) is 10.3. The van der Waals surface area contributed by atoms with Crippen LogP contribution >= 0.6 is 0 Å². The summed E-state index contributed by atoms with van der Waals surface area (Å²) in [5.41, 5.74) is 4.40. The molecule has 0 radical (unpaired) electrons. The summed E-state index contributed by atoms with van der Waals surface area (Å²) in [6.07, 6.45) is 2.65. The van der Waals surface area contributed by atoms with E-state index in [9.17, 15) is 9.59 Å². The largest absolute Gasteiger partial charge is 0.492 e. The Bertz CT molecular complexity index is 1220. The highest BCUT2D eigenvalue weighted by Crippen LogP contribution is 2.36. The first-order valence-electron chi connectivity index (χ1n) is 11.3. The zero-order valence-corrected chi connectivity index (χ0v) is 19.6. The summed E-state index contributed by atoms with van der Waals surface area (Å²) < 4.78 is 11.6. The third kappa shape index (κ3) is 5.64. The van der Waals surface area contributed by atoms with Crippen LogP contribution in [-0.4, -0.2) is 31.1 Å². The van der Waals surface area contributed by atoms with Gasteiger partial charge in [0.25, 0.3) is 5.91 Å². The second-order valence-corrected chi connectivity index (χ2v) is 8.33. The normalized spacial score (nSPS) is 15.1. The summed E-state index contributed by atoms with van der Waals surface area (Å²) in [5.74, 6) is 0.945. The molecule has 1 aliphatic heterocycles. The molecule has 6 heteroatoms. The predicted octanol–water partition coefficient (Wildman–Crippen LogP) is 5.15. The van der Waals surface area contributed by atoms with E-state index in [1.54, 1.807) is 36.1 Å². The molecule has 0 spiro atoms. The van der Waals surface area contributed by atoms with Crippen molar-refractivity contribution in [3.8, 4) is 11.5 Å². The SMILES string of the molecule is Cc1ccc(/C=C/C(=O)Nc2ccc3c(c2)N(CCOc2cccc(C)c2)C(=O)C(C)O3)cc1. The van der Waals surface area contributed by atoms with Crippen LogP contribution in [0.25, 0.3) is 6.08 Å². The molecule has 174 valence electrons. The first kappa shape index (κ1) is 23.1. The lowest BCUT2D eigenvalue weighted by molar-refractivity contribution is -0.125. The van der Waals surface area contributed by atoms with Crippen molar-refractivity contribution < 1.29 is 19.1 Å². The van der Waals surface area contributed by atoms with E-state index in [4.69, 9.17) is 9.47 Å². The Morgan fingerprint density at radius 1 is 1.06 bits per heavy atom. The molecule has 3 aromatic carbocycles. The maximum absolute atomic E-state index is 12.8. The van der Waals surface area contributed by atoms with E-state index in [0.29, 0.717) is 30.3 Å². The Hall–Kier alpha value is -4.06. The minimum atomic E-state index is -0.593. The zero-order valence-electron chi connectivity index (χ0n) is 19.6. The molecule has 34 heavy (non-hydrogen) atoms. The highest BCUT2D eigenvalue weighted by atomic mass is 16.5. The molecule has 0 bridgehead atoms. The lowest BCUT2D eigenvalue weighted by atomic mass is 10.1. The molecule has 1 N–H and O–H groups in total. The average Bonchev–Trinajstić information content (AvgIpc) is 2.81. The summed E-state index contributed by atoms with van der Waals surface area (Å²) in [7, 11) is 0. The van der Waals surface area contributed by atoms with Crippen LogP contribution < -0.4 is 19.7 Å². The molecule has 0 aliphatic carbocycles. The molecule has 1 heterocycles. The lowest BCUT2D eigenvalue weighted by Gasteiger charge is -2.33. The number of carbonyl (C=O) groups excluding carboxylic acids is 2. The van der Waals surface area contributed by atoms with Gasteiger partial charge in [0.1, 0.15) is 18.1 Å². The van der Waals surface area contributed by atoms with E-state index in [-0.39, 0.29) is 11.8 Å². The minimum Gasteiger partial charge on any atom is -0.492 e. The van der Waals surface area contributed by atoms with Gasteiger partial charge in [-0.3, -0.25) is 9.59 Å². The van der Waals surface area contributed by atoms with Crippen LogP contribution in [0, 0.1) is 13.8 Å². The number of carbonyl (C=O) groups is 2. The average molecular weight is 457 g/mol. The topological polar surface area (TPSA) is 67.9 Å². The first-order chi connectivity index (χ1) is 16.4. The molecule has 3 aromatic rings. The van der Waals surface area contributed by atoms with Gasteiger partial charge >= 0.3 is 0 Å². The number of hydrogen-bond acceptors (Lipinski definition) is 4. The molecule has 0 aromatic heterocycles. The first-order valence-corrected chi connectivity index (χ1v) is 11.3. The van der Waals surface area contributed by atoms with Gasteiger partial charge in [0.15, 0.2) is 6.10 Å². The highest BCUT2D eigenvalue weighted by molar-refractivity contribution is 6.04. The van der Waals surface area contributed by atoms with Crippen molar-refractivity contribution >= 4 is 29.3 Å². The van der Waals surface area contributed by atoms with Crippen LogP contribution in [0.4, 0.5) is 11.4 Å². The number of amides is 2. The van der Waals surface area contributed by atoms with Gasteiger partial charge in [-0.05, 0) is 68.3 Å². The molecule has 0 saturated heterocycles. The van der Waals surface area contributed by atoms with Crippen LogP contribution in [0.5, 0.6) is 11.5 Å². The van der Waals surface area contributed by atoms with E-state index in [2.05, 4.69) is 5.32 Å². The molecule has 4 rings (SSSR count). The van der Waals surface area contributed by atoms with Crippen molar-refractivity contribution in [2.45, 2.75) is 26.9 Å². The monoisotopic (exact) mass is 456 g/mol. The van der Waals surface area contributed by atoms with Crippen LogP contribution in [0.1, 0.15) is 23.6 Å². The second-order valence-electron chi connectivity index (χ2n) is 8.33. The Morgan fingerprint density at radius 2 is 1.85 bits per heavy atom. The van der Waals surface area contributed by atoms with Gasteiger partial charge in [-0.1, -0.05) is 42.0 Å². The summed E-state index contributed by atoms with van der Waals surface area (Å²) in [6, 6.07) is 21.0. The van der Waals surface area contributed by atoms with E-state index >= 15 is 0 Å². The van der Waals surface area contributed by atoms with Crippen LogP contribution in [0.3, 0.4) is 0 Å². The zero-order chi connectivity index (χ0) is 24.1. The summed E-state index contributed by atoms with van der Waals surface area (Å²) >= 11 is 0. The Labute approximate surface area is 199 Å². The molecule has 1 aliphatic rings.